The maximum atomic E-state index is 12.4. The van der Waals surface area contributed by atoms with E-state index in [1.54, 1.807) is 0 Å². The number of thioether (sulfide) groups is 1. The van der Waals surface area contributed by atoms with Gasteiger partial charge in [-0.25, -0.2) is 4.79 Å². The molecule has 124 valence electrons. The lowest BCUT2D eigenvalue weighted by Crippen LogP contribution is -2.50. The van der Waals surface area contributed by atoms with Crippen LogP contribution in [0.4, 0.5) is 4.79 Å². The summed E-state index contributed by atoms with van der Waals surface area (Å²) in [5, 5.41) is 6.95. The molecule has 2 amide bonds. The van der Waals surface area contributed by atoms with E-state index >= 15 is 0 Å². The number of amides is 2. The summed E-state index contributed by atoms with van der Waals surface area (Å²) in [6, 6.07) is -0.370. The predicted octanol–water partition coefficient (Wildman–Crippen LogP) is 2.97. The molecule has 0 saturated carbocycles. The summed E-state index contributed by atoms with van der Waals surface area (Å²) >= 11 is 1.90. The number of nitrogens with one attached hydrogen (secondary N) is 1. The van der Waals surface area contributed by atoms with Crippen LogP contribution >= 0.6 is 11.8 Å². The van der Waals surface area contributed by atoms with E-state index in [2.05, 4.69) is 29.3 Å². The van der Waals surface area contributed by atoms with Gasteiger partial charge in [0.05, 0.1) is 0 Å². The van der Waals surface area contributed by atoms with E-state index in [0.717, 1.165) is 18.8 Å². The van der Waals surface area contributed by atoms with Crippen LogP contribution in [0.15, 0.2) is 4.52 Å². The molecule has 1 atom stereocenters. The SMILES string of the molecule is CC(NC(=O)N1CCSC(C)(C)C1)c1nc(C(C)(C)C)no1. The molecule has 1 aromatic rings. The molecule has 1 aliphatic rings. The number of rotatable bonds is 2. The molecule has 1 N–H and O–H groups in total. The highest BCUT2D eigenvalue weighted by Crippen LogP contribution is 2.29. The Bertz CT molecular complexity index is 536. The number of urea groups is 1. The molecule has 1 saturated heterocycles. The van der Waals surface area contributed by atoms with E-state index in [-0.39, 0.29) is 22.2 Å². The fraction of sp³-hybridized carbons (Fsp3) is 0.800. The molecule has 22 heavy (non-hydrogen) atoms. The van der Waals surface area contributed by atoms with Crippen LogP contribution in [0.25, 0.3) is 0 Å². The lowest BCUT2D eigenvalue weighted by molar-refractivity contribution is 0.188. The van der Waals surface area contributed by atoms with Crippen LogP contribution in [-0.4, -0.2) is 44.7 Å². The fourth-order valence-electron chi connectivity index (χ4n) is 2.24. The second-order valence-corrected chi connectivity index (χ2v) is 9.21. The lowest BCUT2D eigenvalue weighted by Gasteiger charge is -2.37. The molecule has 0 aliphatic carbocycles. The molecule has 7 heteroatoms. The molecule has 1 unspecified atom stereocenters. The Labute approximate surface area is 136 Å². The van der Waals surface area contributed by atoms with Gasteiger partial charge in [0.2, 0.25) is 5.89 Å². The van der Waals surface area contributed by atoms with E-state index in [1.807, 2.05) is 44.4 Å². The molecule has 1 fully saturated rings. The van der Waals surface area contributed by atoms with E-state index < -0.39 is 0 Å². The van der Waals surface area contributed by atoms with Crippen LogP contribution in [0, 0.1) is 0 Å². The Morgan fingerprint density at radius 3 is 2.68 bits per heavy atom. The third-order valence-corrected chi connectivity index (χ3v) is 4.83. The van der Waals surface area contributed by atoms with Gasteiger partial charge in [0.15, 0.2) is 5.82 Å². The van der Waals surface area contributed by atoms with Crippen molar-refractivity contribution in [1.82, 2.24) is 20.4 Å². The van der Waals surface area contributed by atoms with Crippen LogP contribution in [-0.2, 0) is 5.41 Å². The topological polar surface area (TPSA) is 71.3 Å². The van der Waals surface area contributed by atoms with Gasteiger partial charge in [-0.1, -0.05) is 25.9 Å². The fourth-order valence-corrected chi connectivity index (χ4v) is 3.36. The normalized spacial score (nSPS) is 19.8. The van der Waals surface area contributed by atoms with Crippen molar-refractivity contribution < 1.29 is 9.32 Å². The third-order valence-electron chi connectivity index (χ3n) is 3.54. The first-order valence-electron chi connectivity index (χ1n) is 7.62. The lowest BCUT2D eigenvalue weighted by atomic mass is 9.96. The highest BCUT2D eigenvalue weighted by Gasteiger charge is 2.31. The van der Waals surface area contributed by atoms with Crippen molar-refractivity contribution in [2.45, 2.75) is 57.7 Å². The maximum Gasteiger partial charge on any atom is 0.318 e. The minimum Gasteiger partial charge on any atom is -0.337 e. The van der Waals surface area contributed by atoms with Crippen LogP contribution in [0.5, 0.6) is 0 Å². The molecule has 1 aromatic heterocycles. The highest BCUT2D eigenvalue weighted by atomic mass is 32.2. The zero-order valence-electron chi connectivity index (χ0n) is 14.3. The Balaban J connectivity index is 1.98. The number of carbonyl (C=O) groups is 1. The maximum absolute atomic E-state index is 12.4. The molecule has 0 spiro atoms. The second-order valence-electron chi connectivity index (χ2n) is 7.41. The number of nitrogens with zero attached hydrogens (tertiary/aromatic N) is 3. The molecule has 2 heterocycles. The molecule has 6 nitrogen and oxygen atoms in total. The van der Waals surface area contributed by atoms with Gasteiger partial charge < -0.3 is 14.7 Å². The Hall–Kier alpha value is -1.24. The number of aromatic nitrogens is 2. The first-order valence-corrected chi connectivity index (χ1v) is 8.60. The zero-order valence-corrected chi connectivity index (χ0v) is 15.1. The standard InChI is InChI=1S/C15H26N4O2S/c1-10(11-17-12(18-21-11)14(2,3)4)16-13(20)19-7-8-22-15(5,6)9-19/h10H,7-9H2,1-6H3,(H,16,20). The van der Waals surface area contributed by atoms with Crippen molar-refractivity contribution in [2.75, 3.05) is 18.8 Å². The predicted molar refractivity (Wildman–Crippen MR) is 88.1 cm³/mol. The van der Waals surface area contributed by atoms with E-state index in [0.29, 0.717) is 11.7 Å². The molecule has 0 aromatic carbocycles. The first-order chi connectivity index (χ1) is 10.1. The summed E-state index contributed by atoms with van der Waals surface area (Å²) < 4.78 is 5.38. The highest BCUT2D eigenvalue weighted by molar-refractivity contribution is 8.00. The monoisotopic (exact) mass is 326 g/mol. The molecule has 2 rings (SSSR count). The van der Waals surface area contributed by atoms with E-state index in [4.69, 9.17) is 4.52 Å². The van der Waals surface area contributed by atoms with Crippen molar-refractivity contribution in [1.29, 1.82) is 0 Å². The van der Waals surface area contributed by atoms with E-state index in [1.165, 1.54) is 0 Å². The van der Waals surface area contributed by atoms with Crippen molar-refractivity contribution in [2.24, 2.45) is 0 Å². The summed E-state index contributed by atoms with van der Waals surface area (Å²) in [6.07, 6.45) is 0. The number of hydrogen-bond donors (Lipinski definition) is 1. The van der Waals surface area contributed by atoms with Gasteiger partial charge in [0.25, 0.3) is 0 Å². The van der Waals surface area contributed by atoms with Gasteiger partial charge in [-0.05, 0) is 20.8 Å². The van der Waals surface area contributed by atoms with Crippen molar-refractivity contribution in [3.05, 3.63) is 11.7 Å². The summed E-state index contributed by atoms with van der Waals surface area (Å²) in [5.41, 5.74) is -0.167. The molecule has 1 aliphatic heterocycles. The summed E-state index contributed by atoms with van der Waals surface area (Å²) in [5.74, 6) is 2.06. The van der Waals surface area contributed by atoms with Crippen molar-refractivity contribution in [3.63, 3.8) is 0 Å². The molecular formula is C15H26N4O2S. The molecular weight excluding hydrogens is 300 g/mol. The zero-order chi connectivity index (χ0) is 16.5. The largest absolute Gasteiger partial charge is 0.337 e. The summed E-state index contributed by atoms with van der Waals surface area (Å²) in [6.45, 7) is 13.8. The first kappa shape index (κ1) is 17.1. The quantitative estimate of drug-likeness (QED) is 0.904. The van der Waals surface area contributed by atoms with Crippen LogP contribution < -0.4 is 5.32 Å². The van der Waals surface area contributed by atoms with Crippen LogP contribution in [0.3, 0.4) is 0 Å². The van der Waals surface area contributed by atoms with Crippen LogP contribution in [0.1, 0.15) is 59.3 Å². The van der Waals surface area contributed by atoms with Crippen molar-refractivity contribution in [3.8, 4) is 0 Å². The summed E-state index contributed by atoms with van der Waals surface area (Å²) in [7, 11) is 0. The minimum absolute atomic E-state index is 0.0728. The smallest absolute Gasteiger partial charge is 0.318 e. The van der Waals surface area contributed by atoms with Gasteiger partial charge in [-0.2, -0.15) is 16.7 Å². The van der Waals surface area contributed by atoms with Gasteiger partial charge in [0.1, 0.15) is 6.04 Å². The van der Waals surface area contributed by atoms with Crippen molar-refractivity contribution >= 4 is 17.8 Å². The van der Waals surface area contributed by atoms with Gasteiger partial charge >= 0.3 is 6.03 Å². The third kappa shape index (κ3) is 4.15. The number of hydrogen-bond acceptors (Lipinski definition) is 5. The summed E-state index contributed by atoms with van der Waals surface area (Å²) in [4.78, 5) is 18.6. The minimum atomic E-state index is -0.297. The number of carbonyl (C=O) groups excluding carboxylic acids is 1. The van der Waals surface area contributed by atoms with Crippen LogP contribution in [0.2, 0.25) is 0 Å². The molecule has 0 bridgehead atoms. The Kier molecular flexibility index (Phi) is 4.75. The average Bonchev–Trinajstić information content (AvgIpc) is 2.86. The van der Waals surface area contributed by atoms with E-state index in [9.17, 15) is 4.79 Å². The Morgan fingerprint density at radius 1 is 1.45 bits per heavy atom. The molecule has 0 radical (unpaired) electrons. The van der Waals surface area contributed by atoms with Gasteiger partial charge in [-0.15, -0.1) is 0 Å². The Morgan fingerprint density at radius 2 is 2.14 bits per heavy atom. The average molecular weight is 326 g/mol. The van der Waals surface area contributed by atoms with Gasteiger partial charge in [-0.3, -0.25) is 0 Å². The second kappa shape index (κ2) is 6.10. The van der Waals surface area contributed by atoms with Gasteiger partial charge in [0, 0.05) is 29.0 Å².